The first-order valence-corrected chi connectivity index (χ1v) is 7.88. The summed E-state index contributed by atoms with van der Waals surface area (Å²) in [5.74, 6) is 0.772. The van der Waals surface area contributed by atoms with Crippen LogP contribution in [0.5, 0.6) is 0 Å². The predicted octanol–water partition coefficient (Wildman–Crippen LogP) is 3.96. The molecule has 0 bridgehead atoms. The molecule has 1 aliphatic rings. The minimum Gasteiger partial charge on any atom is -0.392 e. The van der Waals surface area contributed by atoms with E-state index in [4.69, 9.17) is 5.73 Å². The highest BCUT2D eigenvalue weighted by molar-refractivity contribution is 4.95. The molecule has 1 fully saturated rings. The first-order valence-electron chi connectivity index (χ1n) is 7.88. The van der Waals surface area contributed by atoms with Gasteiger partial charge in [0.2, 0.25) is 0 Å². The van der Waals surface area contributed by atoms with Crippen molar-refractivity contribution >= 4 is 0 Å². The van der Waals surface area contributed by atoms with Crippen molar-refractivity contribution in [2.24, 2.45) is 27.9 Å². The lowest BCUT2D eigenvalue weighted by Crippen LogP contribution is -2.47. The summed E-state index contributed by atoms with van der Waals surface area (Å²) in [7, 11) is 0. The maximum Gasteiger partial charge on any atom is 0.0613 e. The van der Waals surface area contributed by atoms with Crippen LogP contribution in [0, 0.1) is 22.2 Å². The van der Waals surface area contributed by atoms with Gasteiger partial charge in [0.25, 0.3) is 0 Å². The van der Waals surface area contributed by atoms with Crippen LogP contribution in [0.2, 0.25) is 0 Å². The van der Waals surface area contributed by atoms with E-state index in [0.29, 0.717) is 12.0 Å². The van der Waals surface area contributed by atoms with E-state index in [1.54, 1.807) is 0 Å². The molecule has 0 aliphatic heterocycles. The van der Waals surface area contributed by atoms with Crippen molar-refractivity contribution in [2.75, 3.05) is 6.54 Å². The van der Waals surface area contributed by atoms with Gasteiger partial charge in [0.15, 0.2) is 0 Å². The van der Waals surface area contributed by atoms with E-state index in [9.17, 15) is 5.11 Å². The predicted molar refractivity (Wildman–Crippen MR) is 83.0 cm³/mol. The third-order valence-electron chi connectivity index (χ3n) is 5.13. The average Bonchev–Trinajstić information content (AvgIpc) is 2.25. The van der Waals surface area contributed by atoms with Gasteiger partial charge in [-0.05, 0) is 48.9 Å². The van der Waals surface area contributed by atoms with E-state index < -0.39 is 0 Å². The Morgan fingerprint density at radius 3 is 1.89 bits per heavy atom. The first-order chi connectivity index (χ1) is 8.50. The quantitative estimate of drug-likeness (QED) is 0.814. The van der Waals surface area contributed by atoms with Gasteiger partial charge in [-0.25, -0.2) is 0 Å². The molecule has 2 nitrogen and oxygen atoms in total. The first kappa shape index (κ1) is 17.0. The van der Waals surface area contributed by atoms with Crippen LogP contribution >= 0.6 is 0 Å². The Labute approximate surface area is 120 Å². The molecule has 3 N–H and O–H groups in total. The van der Waals surface area contributed by atoms with Crippen molar-refractivity contribution in [3.63, 3.8) is 0 Å². The normalized spacial score (nSPS) is 31.3. The van der Waals surface area contributed by atoms with Gasteiger partial charge >= 0.3 is 0 Å². The smallest absolute Gasteiger partial charge is 0.0613 e. The fourth-order valence-corrected chi connectivity index (χ4v) is 3.53. The van der Waals surface area contributed by atoms with Crippen molar-refractivity contribution in [3.8, 4) is 0 Å². The standard InChI is InChI=1S/C17H35NO/c1-15(2,3)11-14(19)17(12-18)9-7-13(8-10-17)16(4,5)6/h13-14,19H,7-12,18H2,1-6H3. The van der Waals surface area contributed by atoms with Gasteiger partial charge in [-0.15, -0.1) is 0 Å². The minimum absolute atomic E-state index is 0.0327. The third-order valence-corrected chi connectivity index (χ3v) is 5.13. The molecule has 2 heteroatoms. The lowest BCUT2D eigenvalue weighted by molar-refractivity contribution is -0.0405. The van der Waals surface area contributed by atoms with E-state index in [1.165, 1.54) is 12.8 Å². The Hall–Kier alpha value is -0.0800. The van der Waals surface area contributed by atoms with Crippen molar-refractivity contribution in [1.29, 1.82) is 0 Å². The van der Waals surface area contributed by atoms with Crippen LogP contribution in [0.15, 0.2) is 0 Å². The monoisotopic (exact) mass is 269 g/mol. The molecule has 0 aromatic rings. The molecule has 1 unspecified atom stereocenters. The van der Waals surface area contributed by atoms with Crippen molar-refractivity contribution in [3.05, 3.63) is 0 Å². The number of hydrogen-bond donors (Lipinski definition) is 2. The van der Waals surface area contributed by atoms with E-state index >= 15 is 0 Å². The summed E-state index contributed by atoms with van der Waals surface area (Å²) >= 11 is 0. The topological polar surface area (TPSA) is 46.2 Å². The van der Waals surface area contributed by atoms with Crippen LogP contribution in [-0.4, -0.2) is 17.8 Å². The summed E-state index contributed by atoms with van der Waals surface area (Å²) in [5.41, 5.74) is 6.57. The van der Waals surface area contributed by atoms with Crippen molar-refractivity contribution in [2.45, 2.75) is 79.8 Å². The largest absolute Gasteiger partial charge is 0.392 e. The lowest BCUT2D eigenvalue weighted by atomic mass is 9.61. The van der Waals surface area contributed by atoms with Gasteiger partial charge in [0.05, 0.1) is 6.10 Å². The van der Waals surface area contributed by atoms with Gasteiger partial charge in [0, 0.05) is 12.0 Å². The molecule has 1 saturated carbocycles. The second-order valence-corrected chi connectivity index (χ2v) is 8.99. The number of aliphatic hydroxyl groups excluding tert-OH is 1. The number of hydrogen-bond acceptors (Lipinski definition) is 2. The average molecular weight is 269 g/mol. The molecule has 0 radical (unpaired) electrons. The molecule has 0 saturated heterocycles. The summed E-state index contributed by atoms with van der Waals surface area (Å²) in [6.45, 7) is 14.2. The number of rotatable bonds is 3. The highest BCUT2D eigenvalue weighted by atomic mass is 16.3. The second-order valence-electron chi connectivity index (χ2n) is 8.99. The Kier molecular flexibility index (Phi) is 5.12. The molecule has 1 atom stereocenters. The van der Waals surface area contributed by atoms with E-state index in [2.05, 4.69) is 41.5 Å². The summed E-state index contributed by atoms with van der Waals surface area (Å²) < 4.78 is 0. The minimum atomic E-state index is -0.251. The zero-order chi connectivity index (χ0) is 14.9. The third kappa shape index (κ3) is 4.46. The van der Waals surface area contributed by atoms with Crippen molar-refractivity contribution < 1.29 is 5.11 Å². The van der Waals surface area contributed by atoms with Crippen LogP contribution in [0.3, 0.4) is 0 Å². The zero-order valence-electron chi connectivity index (χ0n) is 13.9. The zero-order valence-corrected chi connectivity index (χ0v) is 13.9. The van der Waals surface area contributed by atoms with Crippen LogP contribution in [0.4, 0.5) is 0 Å². The van der Waals surface area contributed by atoms with E-state index in [1.807, 2.05) is 0 Å². The molecule has 19 heavy (non-hydrogen) atoms. The summed E-state index contributed by atoms with van der Waals surface area (Å²) in [5, 5.41) is 10.7. The molecule has 0 aromatic heterocycles. The van der Waals surface area contributed by atoms with Crippen LogP contribution in [-0.2, 0) is 0 Å². The van der Waals surface area contributed by atoms with Gasteiger partial charge in [-0.3, -0.25) is 0 Å². The van der Waals surface area contributed by atoms with Gasteiger partial charge in [-0.2, -0.15) is 0 Å². The molecule has 1 aliphatic carbocycles. The molecule has 114 valence electrons. The summed E-state index contributed by atoms with van der Waals surface area (Å²) in [6, 6.07) is 0. The maximum absolute atomic E-state index is 10.7. The molecule has 0 spiro atoms. The molecule has 0 aromatic carbocycles. The Balaban J connectivity index is 2.70. The summed E-state index contributed by atoms with van der Waals surface area (Å²) in [6.07, 6.45) is 5.19. The second kappa shape index (κ2) is 5.73. The maximum atomic E-state index is 10.7. The SMILES string of the molecule is CC(C)(C)CC(O)C1(CN)CCC(C(C)(C)C)CC1. The molecule has 0 heterocycles. The van der Waals surface area contributed by atoms with Gasteiger partial charge in [0.1, 0.15) is 0 Å². The molecule has 1 rings (SSSR count). The fraction of sp³-hybridized carbons (Fsp3) is 1.00. The molecular formula is C17H35NO. The van der Waals surface area contributed by atoms with Gasteiger partial charge < -0.3 is 10.8 Å². The lowest BCUT2D eigenvalue weighted by Gasteiger charge is -2.47. The fourth-order valence-electron chi connectivity index (χ4n) is 3.53. The van der Waals surface area contributed by atoms with Crippen LogP contribution in [0.1, 0.15) is 73.6 Å². The van der Waals surface area contributed by atoms with Gasteiger partial charge in [-0.1, -0.05) is 41.5 Å². The number of nitrogens with two attached hydrogens (primary N) is 1. The van der Waals surface area contributed by atoms with E-state index in [0.717, 1.165) is 25.2 Å². The highest BCUT2D eigenvalue weighted by Crippen LogP contribution is 2.48. The molecular weight excluding hydrogens is 234 g/mol. The van der Waals surface area contributed by atoms with E-state index in [-0.39, 0.29) is 16.9 Å². The van der Waals surface area contributed by atoms with Crippen LogP contribution < -0.4 is 5.73 Å². The molecule has 0 amide bonds. The number of aliphatic hydroxyl groups is 1. The Morgan fingerprint density at radius 1 is 1.11 bits per heavy atom. The summed E-state index contributed by atoms with van der Waals surface area (Å²) in [4.78, 5) is 0. The Bertz CT molecular complexity index is 277. The van der Waals surface area contributed by atoms with Crippen LogP contribution in [0.25, 0.3) is 0 Å². The van der Waals surface area contributed by atoms with Crippen molar-refractivity contribution in [1.82, 2.24) is 0 Å². The highest BCUT2D eigenvalue weighted by Gasteiger charge is 2.43. The Morgan fingerprint density at radius 2 is 1.58 bits per heavy atom.